The number of rotatable bonds is 20. The lowest BCUT2D eigenvalue weighted by atomic mass is 9.95. The number of amides is 1. The fraction of sp³-hybridized carbons (Fsp3) is 0.871. The van der Waals surface area contributed by atoms with Gasteiger partial charge in [0.25, 0.3) is 5.91 Å². The highest BCUT2D eigenvalue weighted by Gasteiger charge is 2.44. The van der Waals surface area contributed by atoms with Gasteiger partial charge in [0.2, 0.25) is 0 Å². The highest BCUT2D eigenvalue weighted by atomic mass is 16.7. The second-order valence-corrected chi connectivity index (χ2v) is 11.9. The highest BCUT2D eigenvalue weighted by Crippen LogP contribution is 2.27. The molecule has 0 saturated carbocycles. The number of carbonyl (C=O) groups excluding carboxylic acids is 2. The number of ketones is 1. The fourth-order valence-corrected chi connectivity index (χ4v) is 5.54. The lowest BCUT2D eigenvalue weighted by molar-refractivity contribution is -0.301. The molecule has 0 aromatic rings. The second kappa shape index (κ2) is 18.9. The molecule has 2 unspecified atom stereocenters. The van der Waals surface area contributed by atoms with E-state index >= 15 is 0 Å². The van der Waals surface area contributed by atoms with Gasteiger partial charge in [-0.05, 0) is 19.8 Å². The zero-order valence-electron chi connectivity index (χ0n) is 25.4. The first-order chi connectivity index (χ1) is 19.6. The SMILES string of the molecule is CC(CCCCCCCCCCCCCCCCO[C@@H]1O[C@H](CO)[C@@H](O)[C@H](O)[C@@H]1O)/C(O)=C1/C(=O)C(C)N(C)C1=O. The molecule has 2 saturated heterocycles. The molecule has 2 heterocycles. The van der Waals surface area contributed by atoms with Crippen molar-refractivity contribution in [1.82, 2.24) is 4.90 Å². The predicted octanol–water partition coefficient (Wildman–Crippen LogP) is 3.53. The number of carbonyl (C=O) groups is 2. The number of aliphatic hydroxyl groups excluding tert-OH is 5. The van der Waals surface area contributed by atoms with Crippen LogP contribution in [0.1, 0.15) is 110 Å². The Kier molecular flexibility index (Phi) is 16.4. The van der Waals surface area contributed by atoms with E-state index in [4.69, 9.17) is 9.47 Å². The first-order valence-corrected chi connectivity index (χ1v) is 15.8. The van der Waals surface area contributed by atoms with Crippen LogP contribution in [-0.2, 0) is 19.1 Å². The van der Waals surface area contributed by atoms with Gasteiger partial charge in [0, 0.05) is 19.6 Å². The Morgan fingerprint density at radius 3 is 1.78 bits per heavy atom. The fourth-order valence-electron chi connectivity index (χ4n) is 5.54. The van der Waals surface area contributed by atoms with Crippen LogP contribution in [-0.4, -0.2) is 99.1 Å². The van der Waals surface area contributed by atoms with E-state index in [1.165, 1.54) is 62.7 Å². The molecule has 41 heavy (non-hydrogen) atoms. The average molecular weight is 586 g/mol. The molecule has 2 aliphatic heterocycles. The van der Waals surface area contributed by atoms with Crippen LogP contribution in [0, 0.1) is 5.92 Å². The highest BCUT2D eigenvalue weighted by molar-refractivity contribution is 6.26. The van der Waals surface area contributed by atoms with Gasteiger partial charge in [-0.2, -0.15) is 0 Å². The Morgan fingerprint density at radius 1 is 0.829 bits per heavy atom. The maximum Gasteiger partial charge on any atom is 0.261 e. The molecule has 0 aromatic heterocycles. The molecule has 5 N–H and O–H groups in total. The van der Waals surface area contributed by atoms with Crippen LogP contribution < -0.4 is 0 Å². The van der Waals surface area contributed by atoms with E-state index in [9.17, 15) is 35.1 Å². The van der Waals surface area contributed by atoms with Crippen molar-refractivity contribution in [3.63, 3.8) is 0 Å². The standard InChI is InChI=1S/C31H55NO9/c1-21(25(34)24-26(35)22(2)32(3)30(24)39)18-16-14-12-10-8-6-4-5-7-9-11-13-15-17-19-40-31-29(38)28(37)27(36)23(20-33)41-31/h21-23,27-29,31,33-34,36-38H,4-20H2,1-3H3/b25-24+/t21?,22?,23-,27-,28+,29+,31-/m1/s1. The Hall–Kier alpha value is -1.56. The molecule has 0 aliphatic carbocycles. The Morgan fingerprint density at radius 2 is 1.32 bits per heavy atom. The molecule has 0 bridgehead atoms. The van der Waals surface area contributed by atoms with Crippen LogP contribution in [0.25, 0.3) is 0 Å². The molecule has 10 nitrogen and oxygen atoms in total. The predicted molar refractivity (Wildman–Crippen MR) is 155 cm³/mol. The summed E-state index contributed by atoms with van der Waals surface area (Å²) in [6.45, 7) is 3.51. The molecule has 7 atom stereocenters. The van der Waals surface area contributed by atoms with Crippen molar-refractivity contribution in [3.8, 4) is 0 Å². The molecule has 1 amide bonds. The number of likely N-dealkylation sites (N-methyl/N-ethyl adjacent to an activating group) is 1. The second-order valence-electron chi connectivity index (χ2n) is 11.9. The number of unbranched alkanes of at least 4 members (excludes halogenated alkanes) is 13. The summed E-state index contributed by atoms with van der Waals surface area (Å²) in [5.41, 5.74) is -0.0211. The third-order valence-corrected chi connectivity index (χ3v) is 8.63. The van der Waals surface area contributed by atoms with Gasteiger partial charge in [0.1, 0.15) is 35.7 Å². The van der Waals surface area contributed by atoms with Gasteiger partial charge in [-0.25, -0.2) is 0 Å². The van der Waals surface area contributed by atoms with E-state index in [1.54, 1.807) is 14.0 Å². The van der Waals surface area contributed by atoms with Crippen molar-refractivity contribution >= 4 is 11.7 Å². The summed E-state index contributed by atoms with van der Waals surface area (Å²) in [6.07, 6.45) is 10.8. The number of Topliss-reactive ketones (excluding diaryl/α,β-unsaturated/α-hetero) is 1. The Balaban J connectivity index is 1.37. The third kappa shape index (κ3) is 10.9. The van der Waals surface area contributed by atoms with Crippen LogP contribution in [0.4, 0.5) is 0 Å². The van der Waals surface area contributed by atoms with Gasteiger partial charge < -0.3 is 39.9 Å². The van der Waals surface area contributed by atoms with E-state index < -0.39 is 43.4 Å². The lowest BCUT2D eigenvalue weighted by Crippen LogP contribution is -2.59. The number of likely N-dealkylation sites (tertiary alicyclic amines) is 1. The van der Waals surface area contributed by atoms with E-state index in [1.807, 2.05) is 6.92 Å². The number of ether oxygens (including phenoxy) is 2. The van der Waals surface area contributed by atoms with Crippen LogP contribution in [0.2, 0.25) is 0 Å². The van der Waals surface area contributed by atoms with E-state index in [2.05, 4.69) is 0 Å². The minimum Gasteiger partial charge on any atom is -0.511 e. The summed E-state index contributed by atoms with van der Waals surface area (Å²) in [4.78, 5) is 25.9. The van der Waals surface area contributed by atoms with Gasteiger partial charge >= 0.3 is 0 Å². The number of hydrogen-bond donors (Lipinski definition) is 5. The van der Waals surface area contributed by atoms with Gasteiger partial charge in [-0.15, -0.1) is 0 Å². The molecular weight excluding hydrogens is 530 g/mol. The molecule has 2 rings (SSSR count). The minimum atomic E-state index is -1.40. The third-order valence-electron chi connectivity index (χ3n) is 8.63. The summed E-state index contributed by atoms with van der Waals surface area (Å²) < 4.78 is 10.9. The normalized spacial score (nSPS) is 28.9. The molecule has 0 radical (unpaired) electrons. The van der Waals surface area contributed by atoms with Crippen molar-refractivity contribution in [2.75, 3.05) is 20.3 Å². The van der Waals surface area contributed by atoms with E-state index in [-0.39, 0.29) is 28.9 Å². The summed E-state index contributed by atoms with van der Waals surface area (Å²) >= 11 is 0. The minimum absolute atomic E-state index is 0.0211. The largest absolute Gasteiger partial charge is 0.511 e. The Bertz CT molecular complexity index is 795. The first kappa shape index (κ1) is 35.6. The number of hydrogen-bond acceptors (Lipinski definition) is 9. The zero-order chi connectivity index (χ0) is 30.4. The van der Waals surface area contributed by atoms with Gasteiger partial charge in [-0.1, -0.05) is 90.4 Å². The molecule has 0 spiro atoms. The van der Waals surface area contributed by atoms with Crippen LogP contribution in [0.3, 0.4) is 0 Å². The lowest BCUT2D eigenvalue weighted by Gasteiger charge is -2.39. The molecule has 2 fully saturated rings. The number of allylic oxidation sites excluding steroid dienone is 1. The zero-order valence-corrected chi connectivity index (χ0v) is 25.4. The van der Waals surface area contributed by atoms with Gasteiger partial charge in [0.15, 0.2) is 12.1 Å². The molecule has 10 heteroatoms. The van der Waals surface area contributed by atoms with Gasteiger partial charge in [0.05, 0.1) is 12.6 Å². The summed E-state index contributed by atoms with van der Waals surface area (Å²) in [6, 6.07) is -0.499. The van der Waals surface area contributed by atoms with Crippen LogP contribution in [0.5, 0.6) is 0 Å². The molecule has 238 valence electrons. The van der Waals surface area contributed by atoms with Crippen molar-refractivity contribution in [2.45, 2.75) is 147 Å². The van der Waals surface area contributed by atoms with E-state index in [0.29, 0.717) is 6.61 Å². The van der Waals surface area contributed by atoms with E-state index in [0.717, 1.165) is 38.5 Å². The van der Waals surface area contributed by atoms with Crippen LogP contribution >= 0.6 is 0 Å². The summed E-state index contributed by atoms with van der Waals surface area (Å²) in [5.74, 6) is -0.872. The number of nitrogens with zero attached hydrogens (tertiary/aromatic N) is 1. The first-order valence-electron chi connectivity index (χ1n) is 15.8. The van der Waals surface area contributed by atoms with Gasteiger partial charge in [-0.3, -0.25) is 9.59 Å². The smallest absolute Gasteiger partial charge is 0.261 e. The molecule has 0 aromatic carbocycles. The average Bonchev–Trinajstić information content (AvgIpc) is 3.15. The topological polar surface area (TPSA) is 157 Å². The number of aliphatic hydroxyl groups is 5. The van der Waals surface area contributed by atoms with Crippen molar-refractivity contribution in [1.29, 1.82) is 0 Å². The van der Waals surface area contributed by atoms with Crippen LogP contribution in [0.15, 0.2) is 11.3 Å². The molecule has 2 aliphatic rings. The van der Waals surface area contributed by atoms with Crippen molar-refractivity contribution in [2.24, 2.45) is 5.92 Å². The quantitative estimate of drug-likeness (QED) is 0.0624. The van der Waals surface area contributed by atoms with Crippen molar-refractivity contribution < 1.29 is 44.6 Å². The van der Waals surface area contributed by atoms with Crippen molar-refractivity contribution in [3.05, 3.63) is 11.3 Å². The maximum absolute atomic E-state index is 12.3. The summed E-state index contributed by atoms with van der Waals surface area (Å²) in [5, 5.41) is 49.2. The molecular formula is C31H55NO9. The summed E-state index contributed by atoms with van der Waals surface area (Å²) in [7, 11) is 1.59. The monoisotopic (exact) mass is 585 g/mol. The maximum atomic E-state index is 12.3. The Labute approximate surface area is 245 Å².